The number of aliphatic carboxylic acids is 3. The Bertz CT molecular complexity index is 1780. The van der Waals surface area contributed by atoms with E-state index in [1.807, 2.05) is 0 Å². The molecule has 2 rings (SSSR count). The molecule has 1 aliphatic carbocycles. The molecular weight excluding hydrogens is 997 g/mol. The summed E-state index contributed by atoms with van der Waals surface area (Å²) in [6.45, 7) is 2.64. The fourth-order valence-electron chi connectivity index (χ4n) is 9.56. The van der Waals surface area contributed by atoms with E-state index in [1.54, 1.807) is 0 Å². The van der Waals surface area contributed by atoms with Gasteiger partial charge in [0.25, 0.3) is 11.8 Å². The van der Waals surface area contributed by atoms with E-state index in [0.29, 0.717) is 96.4 Å². The monoisotopic (exact) mass is 1090 g/mol. The zero-order valence-corrected chi connectivity index (χ0v) is 46.1. The number of ketones is 2. The number of ether oxygens (including phenoxy) is 3. The van der Waals surface area contributed by atoms with Crippen molar-refractivity contribution in [2.75, 3.05) is 59.3 Å². The number of hydrogen-bond acceptors (Lipinski definition) is 13. The highest BCUT2D eigenvalue weighted by Gasteiger charge is 2.31. The molecule has 0 aromatic heterocycles. The fourth-order valence-corrected chi connectivity index (χ4v) is 9.56. The maximum atomic E-state index is 13.2. The summed E-state index contributed by atoms with van der Waals surface area (Å²) in [5.41, 5.74) is 0. The topological polar surface area (TPSA) is 298 Å². The highest BCUT2D eigenvalue weighted by Crippen LogP contribution is 2.32. The molecule has 20 nitrogen and oxygen atoms in total. The Labute approximate surface area is 456 Å². The molecule has 2 unspecified atom stereocenters. The van der Waals surface area contributed by atoms with Crippen LogP contribution in [-0.2, 0) is 62.2 Å². The number of nitrogens with zero attached hydrogens (tertiary/aromatic N) is 1. The van der Waals surface area contributed by atoms with Crippen LogP contribution in [0.15, 0.2) is 12.2 Å². The van der Waals surface area contributed by atoms with Crippen molar-refractivity contribution in [3.8, 4) is 0 Å². The van der Waals surface area contributed by atoms with Crippen LogP contribution in [0.25, 0.3) is 0 Å². The molecule has 77 heavy (non-hydrogen) atoms. The summed E-state index contributed by atoms with van der Waals surface area (Å²) < 4.78 is 16.5. The quantitative estimate of drug-likeness (QED) is 0.0255. The SMILES string of the molecule is O=C(O)CCCCCCCCCCCCCCCCCCC(=O)CCC1CCC(C(=O)NC(CCC(=O)CC(CCC(=O)O)C(=O)NCCCOCCOCCOCCCNC(=O)CCN2C(=O)C=CC2=O)C(=O)O)CC1. The van der Waals surface area contributed by atoms with E-state index < -0.39 is 53.4 Å². The Morgan fingerprint density at radius 2 is 1.00 bits per heavy atom. The summed E-state index contributed by atoms with van der Waals surface area (Å²) in [6.07, 6.45) is 26.0. The van der Waals surface area contributed by atoms with Crippen LogP contribution in [0.2, 0.25) is 0 Å². The van der Waals surface area contributed by atoms with E-state index in [2.05, 4.69) is 16.0 Å². The van der Waals surface area contributed by atoms with E-state index >= 15 is 0 Å². The molecule has 2 atom stereocenters. The van der Waals surface area contributed by atoms with E-state index in [1.165, 1.54) is 76.4 Å². The van der Waals surface area contributed by atoms with Gasteiger partial charge in [-0.1, -0.05) is 89.9 Å². The average Bonchev–Trinajstić information content (AvgIpc) is 3.73. The second-order valence-corrected chi connectivity index (χ2v) is 20.8. The average molecular weight is 1090 g/mol. The minimum atomic E-state index is -1.29. The number of unbranched alkanes of at least 4 members (excludes halogenated alkanes) is 15. The number of carboxylic acids is 3. The van der Waals surface area contributed by atoms with Crippen LogP contribution in [0.5, 0.6) is 0 Å². The third-order valence-corrected chi connectivity index (χ3v) is 14.3. The molecule has 0 radical (unpaired) electrons. The van der Waals surface area contributed by atoms with Crippen molar-refractivity contribution in [3.63, 3.8) is 0 Å². The molecule has 0 spiro atoms. The van der Waals surface area contributed by atoms with Gasteiger partial charge in [0.15, 0.2) is 0 Å². The van der Waals surface area contributed by atoms with E-state index in [4.69, 9.17) is 19.3 Å². The molecule has 0 aromatic rings. The van der Waals surface area contributed by atoms with E-state index in [-0.39, 0.29) is 75.8 Å². The molecule has 0 saturated heterocycles. The van der Waals surface area contributed by atoms with Crippen molar-refractivity contribution in [1.29, 1.82) is 0 Å². The molecule has 438 valence electrons. The number of carbonyl (C=O) groups excluding carboxylic acids is 7. The first-order valence-corrected chi connectivity index (χ1v) is 29.0. The predicted octanol–water partition coefficient (Wildman–Crippen LogP) is 7.42. The second-order valence-electron chi connectivity index (χ2n) is 20.8. The van der Waals surface area contributed by atoms with Gasteiger partial charge in [0.2, 0.25) is 17.7 Å². The molecule has 1 fully saturated rings. The predicted molar refractivity (Wildman–Crippen MR) is 287 cm³/mol. The van der Waals surface area contributed by atoms with Crippen LogP contribution in [0.4, 0.5) is 0 Å². The van der Waals surface area contributed by atoms with Gasteiger partial charge in [-0.05, 0) is 76.5 Å². The van der Waals surface area contributed by atoms with Crippen molar-refractivity contribution in [1.82, 2.24) is 20.9 Å². The zero-order valence-electron chi connectivity index (χ0n) is 46.1. The standard InChI is InChI=1S/C57H94N4O16/c62-47(19-15-13-11-9-7-5-3-1-2-4-6-8-10-12-14-16-20-53(67)68)27-23-44-21-24-45(25-22-44)56(72)60-49(57(73)74)29-28-48(63)43-46(26-32-54(69)70)55(71)59-35-18-38-76-40-42-77-41-39-75-37-17-34-58-50(64)33-36-61-51(65)30-31-52(61)66/h30-31,44-46,49H,1-29,32-43H2,(H,58,64)(H,59,71)(H,60,72)(H,67,68)(H,69,70)(H,73,74). The van der Waals surface area contributed by atoms with Crippen LogP contribution in [0.3, 0.4) is 0 Å². The van der Waals surface area contributed by atoms with Crippen molar-refractivity contribution >= 4 is 59.0 Å². The van der Waals surface area contributed by atoms with Crippen LogP contribution in [0, 0.1) is 17.8 Å². The van der Waals surface area contributed by atoms with Gasteiger partial charge >= 0.3 is 17.9 Å². The van der Waals surface area contributed by atoms with E-state index in [9.17, 15) is 58.2 Å². The number of imide groups is 1. The third kappa shape index (κ3) is 35.9. The molecule has 1 heterocycles. The van der Waals surface area contributed by atoms with E-state index in [0.717, 1.165) is 62.7 Å². The molecule has 1 saturated carbocycles. The fraction of sp³-hybridized carbons (Fsp3) is 0.789. The summed E-state index contributed by atoms with van der Waals surface area (Å²) in [5.74, 6) is -6.12. The largest absolute Gasteiger partial charge is 0.481 e. The molecule has 6 N–H and O–H groups in total. The summed E-state index contributed by atoms with van der Waals surface area (Å²) in [4.78, 5) is 122. The molecule has 5 amide bonds. The third-order valence-electron chi connectivity index (χ3n) is 14.3. The van der Waals surface area contributed by atoms with Gasteiger partial charge in [0.1, 0.15) is 17.6 Å². The smallest absolute Gasteiger partial charge is 0.326 e. The Balaban J connectivity index is 1.49. The van der Waals surface area contributed by atoms with Gasteiger partial charge in [0, 0.05) is 102 Å². The number of amides is 5. The Morgan fingerprint density at radius 3 is 1.51 bits per heavy atom. The first-order valence-electron chi connectivity index (χ1n) is 29.0. The van der Waals surface area contributed by atoms with Gasteiger partial charge in [-0.15, -0.1) is 0 Å². The lowest BCUT2D eigenvalue weighted by atomic mass is 9.79. The summed E-state index contributed by atoms with van der Waals surface area (Å²) >= 11 is 0. The van der Waals surface area contributed by atoms with Crippen molar-refractivity contribution in [3.05, 3.63) is 12.2 Å². The van der Waals surface area contributed by atoms with Gasteiger partial charge in [0.05, 0.1) is 26.4 Å². The molecule has 2 aliphatic rings. The number of carboxylic acid groups (broad SMARTS) is 3. The lowest BCUT2D eigenvalue weighted by Crippen LogP contribution is -2.44. The molecule has 0 aromatic carbocycles. The number of hydrogen-bond donors (Lipinski definition) is 6. The van der Waals surface area contributed by atoms with Crippen LogP contribution in [0.1, 0.15) is 205 Å². The van der Waals surface area contributed by atoms with Crippen molar-refractivity contribution < 1.29 is 77.5 Å². The Morgan fingerprint density at radius 1 is 0.519 bits per heavy atom. The van der Waals surface area contributed by atoms with Crippen LogP contribution in [-0.4, -0.2) is 145 Å². The minimum absolute atomic E-state index is 0.0251. The number of nitrogens with one attached hydrogen (secondary N) is 3. The molecule has 0 bridgehead atoms. The van der Waals surface area contributed by atoms with Crippen LogP contribution < -0.4 is 16.0 Å². The number of rotatable bonds is 51. The zero-order chi connectivity index (χ0) is 56.3. The first kappa shape index (κ1) is 68.0. The number of Topliss-reactive ketones (excluding diaryl/α,β-unsaturated/α-hetero) is 2. The highest BCUT2D eigenvalue weighted by atomic mass is 16.5. The maximum Gasteiger partial charge on any atom is 0.326 e. The molecule has 1 aliphatic heterocycles. The molecular formula is C57H94N4O16. The first-order chi connectivity index (χ1) is 37.2. The second kappa shape index (κ2) is 43.9. The lowest BCUT2D eigenvalue weighted by molar-refractivity contribution is -0.143. The Hall–Kier alpha value is -5.08. The normalized spacial score (nSPS) is 16.0. The molecule has 20 heteroatoms. The van der Waals surface area contributed by atoms with Gasteiger partial charge in [-0.25, -0.2) is 4.79 Å². The summed E-state index contributed by atoms with van der Waals surface area (Å²) in [7, 11) is 0. The number of carbonyl (C=O) groups is 10. The van der Waals surface area contributed by atoms with Gasteiger partial charge in [-0.2, -0.15) is 0 Å². The van der Waals surface area contributed by atoms with Crippen molar-refractivity contribution in [2.24, 2.45) is 17.8 Å². The highest BCUT2D eigenvalue weighted by molar-refractivity contribution is 6.13. The Kier molecular flexibility index (Phi) is 38.7. The minimum Gasteiger partial charge on any atom is -0.481 e. The van der Waals surface area contributed by atoms with Gasteiger partial charge < -0.3 is 45.5 Å². The summed E-state index contributed by atoms with van der Waals surface area (Å²) in [6, 6.07) is -1.29. The van der Waals surface area contributed by atoms with Gasteiger partial charge in [-0.3, -0.25) is 48.1 Å². The lowest BCUT2D eigenvalue weighted by Gasteiger charge is -2.28. The maximum absolute atomic E-state index is 13.2. The van der Waals surface area contributed by atoms with Crippen LogP contribution >= 0.6 is 0 Å². The summed E-state index contributed by atoms with van der Waals surface area (Å²) in [5, 5.41) is 35.9. The van der Waals surface area contributed by atoms with Crippen molar-refractivity contribution in [2.45, 2.75) is 212 Å².